The third-order valence-corrected chi connectivity index (χ3v) is 4.54. The third-order valence-electron chi connectivity index (χ3n) is 4.54. The molecule has 0 aromatic heterocycles. The predicted molar refractivity (Wildman–Crippen MR) is 91.8 cm³/mol. The number of carbonyl (C=O) groups is 2. The highest BCUT2D eigenvalue weighted by Gasteiger charge is 2.39. The zero-order valence-corrected chi connectivity index (χ0v) is 13.7. The number of hydrogen-bond acceptors (Lipinski definition) is 3. The van der Waals surface area contributed by atoms with Crippen LogP contribution in [0.2, 0.25) is 0 Å². The molecule has 0 radical (unpaired) electrons. The summed E-state index contributed by atoms with van der Waals surface area (Å²) in [5.41, 5.74) is 1.97. The molecular weight excluding hydrogens is 302 g/mol. The van der Waals surface area contributed by atoms with Gasteiger partial charge in [-0.05, 0) is 24.0 Å². The maximum atomic E-state index is 12.8. The second-order valence-corrected chi connectivity index (χ2v) is 6.13. The first-order valence-corrected chi connectivity index (χ1v) is 8.15. The van der Waals surface area contributed by atoms with Gasteiger partial charge in [0.05, 0.1) is 7.11 Å². The number of nitrogens with one attached hydrogen (secondary N) is 1. The third kappa shape index (κ3) is 3.48. The van der Waals surface area contributed by atoms with Crippen LogP contribution in [0.5, 0.6) is 5.75 Å². The van der Waals surface area contributed by atoms with Gasteiger partial charge in [0.2, 0.25) is 5.91 Å². The average Bonchev–Trinajstić information content (AvgIpc) is 2.96. The topological polar surface area (TPSA) is 55.4 Å². The highest BCUT2D eigenvalue weighted by molar-refractivity contribution is 6.04. The van der Waals surface area contributed by atoms with E-state index in [-0.39, 0.29) is 24.0 Å². The summed E-state index contributed by atoms with van der Waals surface area (Å²) in [6.07, 6.45) is 0.940. The lowest BCUT2D eigenvalue weighted by atomic mass is 9.84. The minimum Gasteiger partial charge on any atom is -0.496 e. The SMILES string of the molecule is COc1ccccc1CC(=O)C1C(=O)NC[C@H]1Cc1ccccc1. The summed E-state index contributed by atoms with van der Waals surface area (Å²) in [6, 6.07) is 17.4. The molecule has 1 unspecified atom stereocenters. The Hall–Kier alpha value is -2.62. The van der Waals surface area contributed by atoms with Crippen LogP contribution < -0.4 is 10.1 Å². The Labute approximate surface area is 141 Å². The van der Waals surface area contributed by atoms with Crippen molar-refractivity contribution in [1.82, 2.24) is 5.32 Å². The van der Waals surface area contributed by atoms with E-state index in [1.165, 1.54) is 0 Å². The molecule has 4 heteroatoms. The Balaban J connectivity index is 1.75. The highest BCUT2D eigenvalue weighted by atomic mass is 16.5. The lowest BCUT2D eigenvalue weighted by Gasteiger charge is -2.16. The number of para-hydroxylation sites is 1. The molecule has 0 spiro atoms. The van der Waals surface area contributed by atoms with Crippen molar-refractivity contribution in [3.63, 3.8) is 0 Å². The molecule has 0 aliphatic carbocycles. The van der Waals surface area contributed by atoms with Crippen molar-refractivity contribution in [3.8, 4) is 5.75 Å². The Bertz CT molecular complexity index is 727. The molecule has 1 fully saturated rings. The zero-order valence-electron chi connectivity index (χ0n) is 13.7. The van der Waals surface area contributed by atoms with E-state index in [0.717, 1.165) is 17.5 Å². The number of rotatable bonds is 6. The Morgan fingerprint density at radius 2 is 1.83 bits per heavy atom. The summed E-state index contributed by atoms with van der Waals surface area (Å²) < 4.78 is 5.31. The van der Waals surface area contributed by atoms with Crippen molar-refractivity contribution in [2.45, 2.75) is 12.8 Å². The summed E-state index contributed by atoms with van der Waals surface area (Å²) in [6.45, 7) is 0.552. The van der Waals surface area contributed by atoms with Crippen LogP contribution in [0.4, 0.5) is 0 Å². The van der Waals surface area contributed by atoms with Gasteiger partial charge in [0.15, 0.2) is 0 Å². The molecule has 1 amide bonds. The normalized spacial score (nSPS) is 19.8. The van der Waals surface area contributed by atoms with Crippen LogP contribution >= 0.6 is 0 Å². The van der Waals surface area contributed by atoms with E-state index in [4.69, 9.17) is 4.74 Å². The molecule has 1 aliphatic heterocycles. The Kier molecular flexibility index (Phi) is 4.94. The van der Waals surface area contributed by atoms with Gasteiger partial charge in [-0.15, -0.1) is 0 Å². The zero-order chi connectivity index (χ0) is 16.9. The first-order valence-electron chi connectivity index (χ1n) is 8.15. The predicted octanol–water partition coefficient (Wildman–Crippen LogP) is 2.41. The quantitative estimate of drug-likeness (QED) is 0.831. The Morgan fingerprint density at radius 1 is 1.12 bits per heavy atom. The smallest absolute Gasteiger partial charge is 0.230 e. The van der Waals surface area contributed by atoms with Crippen LogP contribution in [-0.2, 0) is 22.4 Å². The van der Waals surface area contributed by atoms with Crippen LogP contribution in [0.3, 0.4) is 0 Å². The summed E-state index contributed by atoms with van der Waals surface area (Å²) in [7, 11) is 1.59. The number of hydrogen-bond donors (Lipinski definition) is 1. The molecule has 24 heavy (non-hydrogen) atoms. The van der Waals surface area contributed by atoms with Gasteiger partial charge in [-0.25, -0.2) is 0 Å². The lowest BCUT2D eigenvalue weighted by Crippen LogP contribution is -2.30. The maximum Gasteiger partial charge on any atom is 0.230 e. The first-order chi connectivity index (χ1) is 11.7. The van der Waals surface area contributed by atoms with Crippen molar-refractivity contribution in [2.75, 3.05) is 13.7 Å². The van der Waals surface area contributed by atoms with Gasteiger partial charge in [-0.1, -0.05) is 48.5 Å². The standard InChI is InChI=1S/C20H21NO3/c1-24-18-10-6-5-9-15(18)12-17(22)19-16(13-21-20(19)23)11-14-7-3-2-4-8-14/h2-10,16,19H,11-13H2,1H3,(H,21,23)/t16-,19?/m1/s1. The number of methoxy groups -OCH3 is 1. The van der Waals surface area contributed by atoms with Crippen molar-refractivity contribution in [2.24, 2.45) is 11.8 Å². The summed E-state index contributed by atoms with van der Waals surface area (Å²) in [5.74, 6) is -0.104. The van der Waals surface area contributed by atoms with E-state index in [0.29, 0.717) is 12.3 Å². The molecule has 124 valence electrons. The second-order valence-electron chi connectivity index (χ2n) is 6.13. The first kappa shape index (κ1) is 16.2. The van der Waals surface area contributed by atoms with Gasteiger partial charge >= 0.3 is 0 Å². The van der Waals surface area contributed by atoms with Gasteiger partial charge in [0.25, 0.3) is 0 Å². The Morgan fingerprint density at radius 3 is 2.58 bits per heavy atom. The van der Waals surface area contributed by atoms with E-state index in [2.05, 4.69) is 5.32 Å². The molecule has 2 aromatic rings. The number of ketones is 1. The van der Waals surface area contributed by atoms with E-state index >= 15 is 0 Å². The van der Waals surface area contributed by atoms with Crippen LogP contribution in [-0.4, -0.2) is 25.3 Å². The number of ether oxygens (including phenoxy) is 1. The van der Waals surface area contributed by atoms with Crippen molar-refractivity contribution < 1.29 is 14.3 Å². The van der Waals surface area contributed by atoms with E-state index in [1.54, 1.807) is 7.11 Å². The number of carbonyl (C=O) groups excluding carboxylic acids is 2. The second kappa shape index (κ2) is 7.30. The minimum absolute atomic E-state index is 0.00195. The molecule has 3 rings (SSSR count). The molecule has 1 heterocycles. The number of amides is 1. The van der Waals surface area contributed by atoms with Gasteiger partial charge in [0.1, 0.15) is 17.5 Å². The van der Waals surface area contributed by atoms with Crippen LogP contribution in [0.25, 0.3) is 0 Å². The van der Waals surface area contributed by atoms with E-state index < -0.39 is 5.92 Å². The van der Waals surface area contributed by atoms with Crippen molar-refractivity contribution >= 4 is 11.7 Å². The van der Waals surface area contributed by atoms with Crippen LogP contribution in [0.15, 0.2) is 54.6 Å². The van der Waals surface area contributed by atoms with Crippen molar-refractivity contribution in [1.29, 1.82) is 0 Å². The summed E-state index contributed by atoms with van der Waals surface area (Å²) in [4.78, 5) is 25.0. The largest absolute Gasteiger partial charge is 0.496 e. The van der Waals surface area contributed by atoms with Crippen LogP contribution in [0.1, 0.15) is 11.1 Å². The molecule has 1 saturated heterocycles. The fourth-order valence-corrected chi connectivity index (χ4v) is 3.34. The fourth-order valence-electron chi connectivity index (χ4n) is 3.34. The van der Waals surface area contributed by atoms with Crippen molar-refractivity contribution in [3.05, 3.63) is 65.7 Å². The van der Waals surface area contributed by atoms with Gasteiger partial charge in [-0.3, -0.25) is 9.59 Å². The summed E-state index contributed by atoms with van der Waals surface area (Å²) >= 11 is 0. The average molecular weight is 323 g/mol. The fraction of sp³-hybridized carbons (Fsp3) is 0.300. The molecule has 1 N–H and O–H groups in total. The molecule has 2 aromatic carbocycles. The molecule has 1 aliphatic rings. The van der Waals surface area contributed by atoms with Gasteiger partial charge in [0, 0.05) is 18.5 Å². The van der Waals surface area contributed by atoms with Gasteiger partial charge in [-0.2, -0.15) is 0 Å². The van der Waals surface area contributed by atoms with E-state index in [1.807, 2.05) is 54.6 Å². The molecule has 0 saturated carbocycles. The molecule has 4 nitrogen and oxygen atoms in total. The molecule has 2 atom stereocenters. The maximum absolute atomic E-state index is 12.8. The number of Topliss-reactive ketones (excluding diaryl/α,β-unsaturated/α-hetero) is 1. The highest BCUT2D eigenvalue weighted by Crippen LogP contribution is 2.26. The van der Waals surface area contributed by atoms with Gasteiger partial charge < -0.3 is 10.1 Å². The molecular formula is C20H21NO3. The summed E-state index contributed by atoms with van der Waals surface area (Å²) in [5, 5.41) is 2.84. The molecule has 0 bridgehead atoms. The van der Waals surface area contributed by atoms with E-state index in [9.17, 15) is 9.59 Å². The monoisotopic (exact) mass is 323 g/mol. The van der Waals surface area contributed by atoms with Crippen LogP contribution in [0, 0.1) is 11.8 Å². The minimum atomic E-state index is -0.588. The lowest BCUT2D eigenvalue weighted by molar-refractivity contribution is -0.132. The number of benzene rings is 2.